The van der Waals surface area contributed by atoms with E-state index in [9.17, 15) is 18.4 Å². The topological polar surface area (TPSA) is 74.1 Å². The summed E-state index contributed by atoms with van der Waals surface area (Å²) in [6.45, 7) is 5.52. The van der Waals surface area contributed by atoms with Crippen LogP contribution in [-0.2, 0) is 10.2 Å². The van der Waals surface area contributed by atoms with E-state index in [-0.39, 0.29) is 24.0 Å². The van der Waals surface area contributed by atoms with E-state index in [1.54, 1.807) is 18.3 Å². The Kier molecular flexibility index (Phi) is 6.21. The zero-order chi connectivity index (χ0) is 22.8. The normalized spacial score (nSPS) is 17.9. The van der Waals surface area contributed by atoms with Gasteiger partial charge in [0.1, 0.15) is 6.04 Å². The molecule has 5 nitrogen and oxygen atoms in total. The number of halogens is 2. The predicted octanol–water partition coefficient (Wildman–Crippen LogP) is 4.77. The van der Waals surface area contributed by atoms with Crippen molar-refractivity contribution in [3.63, 3.8) is 0 Å². The number of hydrogen-bond acceptors (Lipinski definition) is 4. The number of ketones is 1. The van der Waals surface area contributed by atoms with Gasteiger partial charge in [-0.3, -0.25) is 14.6 Å². The minimum atomic E-state index is -3.07. The molecule has 7 heteroatoms. The fourth-order valence-corrected chi connectivity index (χ4v) is 3.71. The van der Waals surface area contributed by atoms with Gasteiger partial charge in [0.15, 0.2) is 5.78 Å². The van der Waals surface area contributed by atoms with Crippen LogP contribution in [-0.4, -0.2) is 40.1 Å². The van der Waals surface area contributed by atoms with Crippen molar-refractivity contribution in [2.45, 2.75) is 57.4 Å². The first kappa shape index (κ1) is 22.5. The van der Waals surface area contributed by atoms with Crippen LogP contribution in [0.15, 0.2) is 42.7 Å². The summed E-state index contributed by atoms with van der Waals surface area (Å²) in [4.78, 5) is 30.4. The average Bonchev–Trinajstić information content (AvgIpc) is 3.06. The van der Waals surface area contributed by atoms with E-state index in [1.165, 1.54) is 6.20 Å². The number of alkyl halides is 2. The van der Waals surface area contributed by atoms with Gasteiger partial charge >= 0.3 is 0 Å². The van der Waals surface area contributed by atoms with Crippen LogP contribution >= 0.6 is 0 Å². The molecule has 1 atom stereocenters. The molecule has 0 saturated carbocycles. The molecule has 1 fully saturated rings. The van der Waals surface area contributed by atoms with E-state index >= 15 is 0 Å². The number of likely N-dealkylation sites (tertiary alicyclic amines) is 1. The van der Waals surface area contributed by atoms with Crippen LogP contribution in [0.25, 0.3) is 11.1 Å². The van der Waals surface area contributed by atoms with E-state index < -0.39 is 30.8 Å². The fraction of sp³-hybridized carbons (Fsp3) is 0.417. The molecule has 0 unspecified atom stereocenters. The number of pyridine rings is 1. The quantitative estimate of drug-likeness (QED) is 0.647. The Morgan fingerprint density at radius 1 is 1.26 bits per heavy atom. The van der Waals surface area contributed by atoms with Gasteiger partial charge in [0.05, 0.1) is 12.6 Å². The van der Waals surface area contributed by atoms with Gasteiger partial charge in [-0.25, -0.2) is 8.78 Å². The highest BCUT2D eigenvalue weighted by Gasteiger charge is 2.47. The van der Waals surface area contributed by atoms with E-state index in [0.717, 1.165) is 16.0 Å². The summed E-state index contributed by atoms with van der Waals surface area (Å²) in [5.74, 6) is -3.95. The zero-order valence-electron chi connectivity index (χ0n) is 17.9. The second-order valence-electron chi connectivity index (χ2n) is 8.90. The van der Waals surface area contributed by atoms with E-state index in [2.05, 4.69) is 25.8 Å². The Hall–Kier alpha value is -3.14. The van der Waals surface area contributed by atoms with Crippen LogP contribution < -0.4 is 0 Å². The maximum atomic E-state index is 13.6. The van der Waals surface area contributed by atoms with Crippen molar-refractivity contribution >= 4 is 11.7 Å². The number of hydrogen-bond donors (Lipinski definition) is 0. The van der Waals surface area contributed by atoms with Crippen LogP contribution in [0.2, 0.25) is 0 Å². The molecule has 0 radical (unpaired) electrons. The van der Waals surface area contributed by atoms with Crippen LogP contribution in [0.3, 0.4) is 0 Å². The number of aromatic nitrogens is 1. The molecule has 1 amide bonds. The number of carbonyl (C=O) groups excluding carboxylic acids is 2. The lowest BCUT2D eigenvalue weighted by Gasteiger charge is -2.20. The summed E-state index contributed by atoms with van der Waals surface area (Å²) in [7, 11) is 0. The highest BCUT2D eigenvalue weighted by Crippen LogP contribution is 2.33. The predicted molar refractivity (Wildman–Crippen MR) is 113 cm³/mol. The molecule has 1 aliphatic rings. The van der Waals surface area contributed by atoms with Crippen LogP contribution in [0.4, 0.5) is 8.78 Å². The van der Waals surface area contributed by atoms with Gasteiger partial charge in [-0.2, -0.15) is 5.26 Å². The minimum absolute atomic E-state index is 0.0656. The first-order valence-electron chi connectivity index (χ1n) is 10.2. The Labute approximate surface area is 180 Å². The molecular weight excluding hydrogens is 400 g/mol. The molecule has 31 heavy (non-hydrogen) atoms. The third-order valence-electron chi connectivity index (χ3n) is 5.47. The first-order valence-corrected chi connectivity index (χ1v) is 10.2. The summed E-state index contributed by atoms with van der Waals surface area (Å²) in [5.41, 5.74) is 2.98. The van der Waals surface area contributed by atoms with Gasteiger partial charge in [-0.15, -0.1) is 0 Å². The smallest absolute Gasteiger partial charge is 0.268 e. The van der Waals surface area contributed by atoms with Gasteiger partial charge in [0, 0.05) is 42.8 Å². The number of rotatable bonds is 5. The van der Waals surface area contributed by atoms with Crippen molar-refractivity contribution in [3.8, 4) is 17.2 Å². The van der Waals surface area contributed by atoms with E-state index in [1.807, 2.05) is 24.3 Å². The van der Waals surface area contributed by atoms with Crippen molar-refractivity contribution < 1.29 is 18.4 Å². The highest BCUT2D eigenvalue weighted by atomic mass is 19.3. The molecule has 2 heterocycles. The third-order valence-corrected chi connectivity index (χ3v) is 5.47. The molecule has 1 saturated heterocycles. The zero-order valence-corrected chi connectivity index (χ0v) is 17.9. The Bertz CT molecular complexity index is 1040. The maximum Gasteiger partial charge on any atom is 0.268 e. The number of Topliss-reactive ketones (excluding diaryl/α,β-unsaturated/α-hetero) is 1. The number of benzene rings is 1. The molecule has 1 aliphatic heterocycles. The van der Waals surface area contributed by atoms with E-state index in [4.69, 9.17) is 5.26 Å². The molecule has 2 aromatic rings. The van der Waals surface area contributed by atoms with Crippen molar-refractivity contribution in [2.75, 3.05) is 6.54 Å². The molecule has 1 aromatic carbocycles. The molecular formula is C24H25F2N3O2. The summed E-state index contributed by atoms with van der Waals surface area (Å²) in [6.07, 6.45) is 2.11. The fourth-order valence-electron chi connectivity index (χ4n) is 3.71. The maximum absolute atomic E-state index is 13.6. The van der Waals surface area contributed by atoms with Gasteiger partial charge < -0.3 is 4.90 Å². The van der Waals surface area contributed by atoms with Gasteiger partial charge in [0.25, 0.3) is 5.92 Å². The third kappa shape index (κ3) is 5.13. The molecule has 0 bridgehead atoms. The summed E-state index contributed by atoms with van der Waals surface area (Å²) >= 11 is 0. The van der Waals surface area contributed by atoms with Gasteiger partial charge in [0.2, 0.25) is 5.91 Å². The molecule has 0 aliphatic carbocycles. The first-order chi connectivity index (χ1) is 14.5. The van der Waals surface area contributed by atoms with Crippen molar-refractivity contribution in [1.29, 1.82) is 5.26 Å². The Balaban J connectivity index is 1.77. The largest absolute Gasteiger partial charge is 0.320 e. The van der Waals surface area contributed by atoms with Crippen molar-refractivity contribution in [2.24, 2.45) is 0 Å². The number of nitrogens with zero attached hydrogens (tertiary/aromatic N) is 3. The van der Waals surface area contributed by atoms with Crippen LogP contribution in [0, 0.1) is 11.3 Å². The standard InChI is InChI=1S/C24H25F2N3O2/c1-23(2,3)17-6-4-5-16(11-17)20-14-28-10-9-19(20)21(30)7-8-22(31)29-15-24(25,26)12-18(29)13-27/h4-6,9-11,14,18H,7-8,12,15H2,1-3H3/t18-/m0/s1. The lowest BCUT2D eigenvalue weighted by molar-refractivity contribution is -0.132. The van der Waals surface area contributed by atoms with Crippen molar-refractivity contribution in [1.82, 2.24) is 9.88 Å². The lowest BCUT2D eigenvalue weighted by atomic mass is 9.85. The van der Waals surface area contributed by atoms with Crippen LogP contribution in [0.5, 0.6) is 0 Å². The monoisotopic (exact) mass is 425 g/mol. The van der Waals surface area contributed by atoms with Gasteiger partial charge in [-0.1, -0.05) is 45.0 Å². The second-order valence-corrected chi connectivity index (χ2v) is 8.90. The summed E-state index contributed by atoms with van der Waals surface area (Å²) in [5, 5.41) is 9.06. The van der Waals surface area contributed by atoms with Gasteiger partial charge in [-0.05, 0) is 22.6 Å². The average molecular weight is 425 g/mol. The summed E-state index contributed by atoms with van der Waals surface area (Å²) in [6, 6.07) is 10.1. The van der Waals surface area contributed by atoms with Crippen molar-refractivity contribution in [3.05, 3.63) is 53.9 Å². The number of carbonyl (C=O) groups is 2. The second kappa shape index (κ2) is 8.54. The Morgan fingerprint density at radius 2 is 2.00 bits per heavy atom. The van der Waals surface area contributed by atoms with Crippen LogP contribution in [0.1, 0.15) is 56.0 Å². The highest BCUT2D eigenvalue weighted by molar-refractivity contribution is 6.03. The molecule has 0 spiro atoms. The SMILES string of the molecule is CC(C)(C)c1cccc(-c2cnccc2C(=O)CCC(=O)N2CC(F)(F)C[C@H]2C#N)c1. The Morgan fingerprint density at radius 3 is 2.68 bits per heavy atom. The number of amides is 1. The molecule has 1 aromatic heterocycles. The molecule has 0 N–H and O–H groups in total. The lowest BCUT2D eigenvalue weighted by Crippen LogP contribution is -2.36. The molecule has 3 rings (SSSR count). The number of nitriles is 1. The van der Waals surface area contributed by atoms with E-state index in [0.29, 0.717) is 11.1 Å². The molecule has 162 valence electrons. The summed E-state index contributed by atoms with van der Waals surface area (Å²) < 4.78 is 27.2. The minimum Gasteiger partial charge on any atom is -0.320 e.